The third-order valence-corrected chi connectivity index (χ3v) is 3.31. The lowest BCUT2D eigenvalue weighted by Gasteiger charge is -2.25. The Morgan fingerprint density at radius 2 is 1.50 bits per heavy atom. The first kappa shape index (κ1) is 14.6. The van der Waals surface area contributed by atoms with Crippen molar-refractivity contribution in [3.63, 3.8) is 0 Å². The van der Waals surface area contributed by atoms with Gasteiger partial charge in [-0.3, -0.25) is 9.59 Å². The zero-order valence-corrected chi connectivity index (χ0v) is 10.7. The van der Waals surface area contributed by atoms with E-state index in [1.165, 1.54) is 4.90 Å². The maximum absolute atomic E-state index is 12.4. The lowest BCUT2D eigenvalue weighted by atomic mass is 10.1. The number of carbonyl (C=O) groups is 2. The molecule has 0 saturated carbocycles. The summed E-state index contributed by atoms with van der Waals surface area (Å²) in [5.74, 6) is -1.38. The summed E-state index contributed by atoms with van der Waals surface area (Å²) in [5.41, 5.74) is -0.840. The summed E-state index contributed by atoms with van der Waals surface area (Å²) in [6.45, 7) is 1.07. The van der Waals surface area contributed by atoms with Crippen molar-refractivity contribution in [3.05, 3.63) is 35.4 Å². The molecule has 0 radical (unpaired) electrons. The van der Waals surface area contributed by atoms with Crippen molar-refractivity contribution in [2.75, 3.05) is 13.1 Å². The summed E-state index contributed by atoms with van der Waals surface area (Å²) < 4.78 is 37.2. The van der Waals surface area contributed by atoms with Crippen LogP contribution in [-0.2, 0) is 11.0 Å². The fraction of sp³-hybridized carbons (Fsp3) is 0.429. The summed E-state index contributed by atoms with van der Waals surface area (Å²) in [6, 6.07) is 3.73. The summed E-state index contributed by atoms with van der Waals surface area (Å²) in [5, 5.41) is 0. The Bertz CT molecular complexity index is 502. The molecule has 0 aromatic heterocycles. The minimum Gasteiger partial charge on any atom is -0.336 e. The van der Waals surface area contributed by atoms with Crippen LogP contribution in [-0.4, -0.2) is 29.7 Å². The molecule has 0 aliphatic carbocycles. The van der Waals surface area contributed by atoms with Crippen molar-refractivity contribution in [2.45, 2.75) is 25.4 Å². The predicted octanol–water partition coefficient (Wildman–Crippen LogP) is 2.90. The minimum atomic E-state index is -4.45. The van der Waals surface area contributed by atoms with Crippen LogP contribution < -0.4 is 0 Å². The van der Waals surface area contributed by atoms with Gasteiger partial charge in [-0.2, -0.15) is 13.2 Å². The first-order chi connectivity index (χ1) is 9.39. The number of nitrogens with zero attached hydrogens (tertiary/aromatic N) is 1. The van der Waals surface area contributed by atoms with Gasteiger partial charge in [-0.05, 0) is 31.4 Å². The standard InChI is InChI=1S/C14H14F3NO2/c15-14(16,17)11-6-4-10(5-7-11)12(19)13(20)18-8-2-1-3-9-18/h4-7H,1-3,8-9H2. The number of benzene rings is 1. The summed E-state index contributed by atoms with van der Waals surface area (Å²) in [4.78, 5) is 25.3. The number of rotatable bonds is 2. The molecule has 0 unspecified atom stereocenters. The molecule has 1 amide bonds. The number of alkyl halides is 3. The van der Waals surface area contributed by atoms with Crippen molar-refractivity contribution in [2.24, 2.45) is 0 Å². The Morgan fingerprint density at radius 3 is 2.00 bits per heavy atom. The molecule has 20 heavy (non-hydrogen) atoms. The normalized spacial score (nSPS) is 16.1. The molecule has 3 nitrogen and oxygen atoms in total. The van der Waals surface area contributed by atoms with Crippen LogP contribution in [0, 0.1) is 0 Å². The highest BCUT2D eigenvalue weighted by Crippen LogP contribution is 2.29. The molecule has 1 aliphatic heterocycles. The molecular weight excluding hydrogens is 271 g/mol. The van der Waals surface area contributed by atoms with Crippen molar-refractivity contribution in [3.8, 4) is 0 Å². The predicted molar refractivity (Wildman–Crippen MR) is 66.2 cm³/mol. The van der Waals surface area contributed by atoms with Gasteiger partial charge in [0, 0.05) is 18.7 Å². The molecule has 1 saturated heterocycles. The van der Waals surface area contributed by atoms with E-state index in [1.54, 1.807) is 0 Å². The van der Waals surface area contributed by atoms with Crippen molar-refractivity contribution in [1.82, 2.24) is 4.90 Å². The van der Waals surface area contributed by atoms with Crippen LogP contribution in [0.5, 0.6) is 0 Å². The fourth-order valence-electron chi connectivity index (χ4n) is 2.17. The van der Waals surface area contributed by atoms with Gasteiger partial charge in [0.25, 0.3) is 5.91 Å². The molecule has 1 aromatic rings. The second-order valence-electron chi connectivity index (χ2n) is 4.76. The maximum atomic E-state index is 12.4. The van der Waals surface area contributed by atoms with E-state index in [4.69, 9.17) is 0 Å². The molecule has 0 bridgehead atoms. The number of halogens is 3. The average molecular weight is 285 g/mol. The van der Waals surface area contributed by atoms with E-state index in [1.807, 2.05) is 0 Å². The lowest BCUT2D eigenvalue weighted by Crippen LogP contribution is -2.40. The zero-order chi connectivity index (χ0) is 14.8. The van der Waals surface area contributed by atoms with E-state index in [-0.39, 0.29) is 5.56 Å². The van der Waals surface area contributed by atoms with E-state index >= 15 is 0 Å². The number of likely N-dealkylation sites (tertiary alicyclic amines) is 1. The number of carbonyl (C=O) groups excluding carboxylic acids is 2. The zero-order valence-electron chi connectivity index (χ0n) is 10.7. The largest absolute Gasteiger partial charge is 0.416 e. The first-order valence-corrected chi connectivity index (χ1v) is 6.40. The van der Waals surface area contributed by atoms with Gasteiger partial charge in [0.1, 0.15) is 0 Å². The van der Waals surface area contributed by atoms with Gasteiger partial charge < -0.3 is 4.90 Å². The Balaban J connectivity index is 2.10. The Morgan fingerprint density at radius 1 is 0.950 bits per heavy atom. The number of hydrogen-bond acceptors (Lipinski definition) is 2. The van der Waals surface area contributed by atoms with Gasteiger partial charge in [-0.15, -0.1) is 0 Å². The Kier molecular flexibility index (Phi) is 4.11. The summed E-state index contributed by atoms with van der Waals surface area (Å²) in [7, 11) is 0. The molecule has 0 spiro atoms. The van der Waals surface area contributed by atoms with Gasteiger partial charge >= 0.3 is 6.18 Å². The molecule has 1 heterocycles. The van der Waals surface area contributed by atoms with Crippen LogP contribution in [0.4, 0.5) is 13.2 Å². The molecule has 0 N–H and O–H groups in total. The second-order valence-corrected chi connectivity index (χ2v) is 4.76. The van der Waals surface area contributed by atoms with E-state index < -0.39 is 23.4 Å². The van der Waals surface area contributed by atoms with E-state index in [9.17, 15) is 22.8 Å². The van der Waals surface area contributed by atoms with Crippen LogP contribution in [0.25, 0.3) is 0 Å². The highest BCUT2D eigenvalue weighted by atomic mass is 19.4. The second kappa shape index (κ2) is 5.64. The van der Waals surface area contributed by atoms with Gasteiger partial charge in [0.05, 0.1) is 5.56 Å². The lowest BCUT2D eigenvalue weighted by molar-refractivity contribution is -0.137. The van der Waals surface area contributed by atoms with Gasteiger partial charge in [0.15, 0.2) is 0 Å². The van der Waals surface area contributed by atoms with Crippen LogP contribution in [0.3, 0.4) is 0 Å². The minimum absolute atomic E-state index is 0.00595. The summed E-state index contributed by atoms with van der Waals surface area (Å²) >= 11 is 0. The van der Waals surface area contributed by atoms with Crippen LogP contribution in [0.2, 0.25) is 0 Å². The summed E-state index contributed by atoms with van der Waals surface area (Å²) in [6.07, 6.45) is -1.71. The molecule has 108 valence electrons. The molecule has 2 rings (SSSR count). The van der Waals surface area contributed by atoms with Crippen LogP contribution >= 0.6 is 0 Å². The van der Waals surface area contributed by atoms with Crippen LogP contribution in [0.1, 0.15) is 35.2 Å². The van der Waals surface area contributed by atoms with E-state index in [0.29, 0.717) is 13.1 Å². The van der Waals surface area contributed by atoms with E-state index in [2.05, 4.69) is 0 Å². The van der Waals surface area contributed by atoms with E-state index in [0.717, 1.165) is 43.5 Å². The van der Waals surface area contributed by atoms with Gasteiger partial charge in [0.2, 0.25) is 5.78 Å². The smallest absolute Gasteiger partial charge is 0.336 e. The molecule has 0 atom stereocenters. The number of piperidine rings is 1. The monoisotopic (exact) mass is 285 g/mol. The van der Waals surface area contributed by atoms with Gasteiger partial charge in [-0.1, -0.05) is 12.1 Å². The molecule has 1 aliphatic rings. The van der Waals surface area contributed by atoms with Crippen LogP contribution in [0.15, 0.2) is 24.3 Å². The SMILES string of the molecule is O=C(C(=O)N1CCCCC1)c1ccc(C(F)(F)F)cc1. The quantitative estimate of drug-likeness (QED) is 0.619. The highest BCUT2D eigenvalue weighted by Gasteiger charge is 2.31. The molecule has 1 fully saturated rings. The van der Waals surface area contributed by atoms with Crippen molar-refractivity contribution in [1.29, 1.82) is 0 Å². The van der Waals surface area contributed by atoms with Gasteiger partial charge in [-0.25, -0.2) is 0 Å². The molecular formula is C14H14F3NO2. The number of amides is 1. The highest BCUT2D eigenvalue weighted by molar-refractivity contribution is 6.42. The topological polar surface area (TPSA) is 37.4 Å². The number of ketones is 1. The van der Waals surface area contributed by atoms with Crippen molar-refractivity contribution < 1.29 is 22.8 Å². The van der Waals surface area contributed by atoms with Crippen molar-refractivity contribution >= 4 is 11.7 Å². The number of Topliss-reactive ketones (excluding diaryl/α,β-unsaturated/α-hetero) is 1. The number of hydrogen-bond donors (Lipinski definition) is 0. The third-order valence-electron chi connectivity index (χ3n) is 3.31. The average Bonchev–Trinajstić information content (AvgIpc) is 2.46. The first-order valence-electron chi connectivity index (χ1n) is 6.40. The third kappa shape index (κ3) is 3.18. The molecule has 1 aromatic carbocycles. The Labute approximate surface area is 114 Å². The Hall–Kier alpha value is -1.85. The maximum Gasteiger partial charge on any atom is 0.416 e. The molecule has 6 heteroatoms. The fourth-order valence-corrected chi connectivity index (χ4v) is 2.17.